The van der Waals surface area contributed by atoms with Crippen LogP contribution in [0.1, 0.15) is 69.3 Å². The summed E-state index contributed by atoms with van der Waals surface area (Å²) in [5.41, 5.74) is 0.122. The van der Waals surface area contributed by atoms with Crippen LogP contribution < -0.4 is 15.4 Å². The number of alkyl halides is 2. The third kappa shape index (κ3) is 7.13. The summed E-state index contributed by atoms with van der Waals surface area (Å²) in [7, 11) is 2.15. The maximum absolute atomic E-state index is 13.2. The molecule has 3 aromatic rings. The molecule has 0 saturated carbocycles. The van der Waals surface area contributed by atoms with Crippen molar-refractivity contribution in [2.24, 2.45) is 0 Å². The van der Waals surface area contributed by atoms with Gasteiger partial charge in [0.25, 0.3) is 0 Å². The second-order valence-electron chi connectivity index (χ2n) is 12.5. The Morgan fingerprint density at radius 1 is 1.05 bits per heavy atom. The fraction of sp³-hybridized carbons (Fsp3) is 0.484. The summed E-state index contributed by atoms with van der Waals surface area (Å²) in [6.45, 7) is 8.31. The van der Waals surface area contributed by atoms with Gasteiger partial charge in [-0.05, 0) is 71.5 Å². The number of rotatable bonds is 10. The number of carbonyl (C=O) groups is 2. The molecule has 0 bridgehead atoms. The number of ketones is 1. The second kappa shape index (κ2) is 12.2. The highest BCUT2D eigenvalue weighted by atomic mass is 19.1. The van der Waals surface area contributed by atoms with Crippen LogP contribution >= 0.6 is 0 Å². The van der Waals surface area contributed by atoms with Gasteiger partial charge >= 0.3 is 6.03 Å². The Bertz CT molecular complexity index is 1370. The van der Waals surface area contributed by atoms with E-state index in [2.05, 4.69) is 60.4 Å². The Labute approximate surface area is 245 Å². The predicted molar refractivity (Wildman–Crippen MR) is 157 cm³/mol. The second-order valence-corrected chi connectivity index (χ2v) is 12.5. The number of hydrogen-bond acceptors (Lipinski definition) is 7. The lowest BCUT2D eigenvalue weighted by Crippen LogP contribution is -2.60. The van der Waals surface area contributed by atoms with Gasteiger partial charge in [-0.25, -0.2) is 18.6 Å². The zero-order chi connectivity index (χ0) is 30.7. The van der Waals surface area contributed by atoms with Crippen LogP contribution in [0.2, 0.25) is 0 Å². The van der Waals surface area contributed by atoms with Crippen molar-refractivity contribution in [3.63, 3.8) is 0 Å². The Morgan fingerprint density at radius 2 is 1.69 bits per heavy atom. The van der Waals surface area contributed by atoms with E-state index in [9.17, 15) is 18.4 Å². The quantitative estimate of drug-likeness (QED) is 0.267. The molecule has 0 aliphatic carbocycles. The van der Waals surface area contributed by atoms with Crippen LogP contribution in [-0.4, -0.2) is 64.4 Å². The number of nitrogens with zero attached hydrogens (tertiary/aromatic N) is 3. The van der Waals surface area contributed by atoms with Crippen LogP contribution in [0.3, 0.4) is 0 Å². The van der Waals surface area contributed by atoms with E-state index in [1.165, 1.54) is 13.0 Å². The van der Waals surface area contributed by atoms with E-state index in [0.29, 0.717) is 17.1 Å². The van der Waals surface area contributed by atoms with Crippen LogP contribution in [0.5, 0.6) is 5.75 Å². The van der Waals surface area contributed by atoms with E-state index in [4.69, 9.17) is 9.26 Å². The smallest absolute Gasteiger partial charge is 0.324 e. The number of amides is 2. The molecular formula is C31H39F2N5O4. The van der Waals surface area contributed by atoms with Gasteiger partial charge in [0.05, 0.1) is 11.6 Å². The van der Waals surface area contributed by atoms with Gasteiger partial charge in [-0.2, -0.15) is 0 Å². The number of urea groups is 1. The van der Waals surface area contributed by atoms with Crippen molar-refractivity contribution in [1.82, 2.24) is 15.0 Å². The molecular weight excluding hydrogens is 544 g/mol. The lowest BCUT2D eigenvalue weighted by atomic mass is 9.79. The number of likely N-dealkylation sites (tertiary alicyclic amines) is 1. The number of Topliss-reactive ketones (excluding diaryl/α,β-unsaturated/α-hetero) is 1. The lowest BCUT2D eigenvalue weighted by molar-refractivity contribution is -0.0557. The van der Waals surface area contributed by atoms with Crippen LogP contribution in [0, 0.1) is 0 Å². The average molecular weight is 584 g/mol. The Kier molecular flexibility index (Phi) is 9.01. The third-order valence-corrected chi connectivity index (χ3v) is 8.11. The van der Waals surface area contributed by atoms with Crippen LogP contribution in [-0.2, 0) is 11.8 Å². The molecule has 9 nitrogen and oxygen atoms in total. The van der Waals surface area contributed by atoms with Crippen LogP contribution in [0.15, 0.2) is 53.2 Å². The number of anilines is 2. The molecule has 1 aromatic carbocycles. The molecule has 4 rings (SSSR count). The minimum atomic E-state index is -1.45. The van der Waals surface area contributed by atoms with Crippen LogP contribution in [0.25, 0.3) is 0 Å². The minimum absolute atomic E-state index is 0.00110. The molecule has 0 atom stereocenters. The fourth-order valence-electron chi connectivity index (χ4n) is 5.22. The highest BCUT2D eigenvalue weighted by Gasteiger charge is 2.44. The first-order valence-corrected chi connectivity index (χ1v) is 13.9. The van der Waals surface area contributed by atoms with Gasteiger partial charge in [-0.1, -0.05) is 17.3 Å². The summed E-state index contributed by atoms with van der Waals surface area (Å²) in [6.07, 6.45) is 3.57. The Balaban J connectivity index is 1.28. The summed E-state index contributed by atoms with van der Waals surface area (Å²) in [5.74, 6) is 0.527. The van der Waals surface area contributed by atoms with Crippen molar-refractivity contribution < 1.29 is 27.6 Å². The van der Waals surface area contributed by atoms with Gasteiger partial charge in [-0.3, -0.25) is 15.0 Å². The van der Waals surface area contributed by atoms with Gasteiger partial charge < -0.3 is 14.6 Å². The van der Waals surface area contributed by atoms with Gasteiger partial charge in [-0.15, -0.1) is 0 Å². The molecule has 42 heavy (non-hydrogen) atoms. The number of pyridine rings is 1. The molecule has 2 amide bonds. The zero-order valence-corrected chi connectivity index (χ0v) is 25.0. The minimum Gasteiger partial charge on any atom is -0.489 e. The first-order chi connectivity index (χ1) is 19.7. The maximum atomic E-state index is 13.2. The summed E-state index contributed by atoms with van der Waals surface area (Å²) < 4.78 is 37.6. The van der Waals surface area contributed by atoms with Crippen molar-refractivity contribution in [1.29, 1.82) is 0 Å². The zero-order valence-electron chi connectivity index (χ0n) is 25.0. The number of ether oxygens (including phenoxy) is 1. The highest BCUT2D eigenvalue weighted by Crippen LogP contribution is 2.38. The van der Waals surface area contributed by atoms with Crippen molar-refractivity contribution in [3.8, 4) is 5.75 Å². The number of hydrogen-bond donors (Lipinski definition) is 2. The molecule has 1 fully saturated rings. The molecule has 1 aliphatic rings. The van der Waals surface area contributed by atoms with Gasteiger partial charge in [0, 0.05) is 42.1 Å². The largest absolute Gasteiger partial charge is 0.489 e. The number of nitrogens with one attached hydrogen (secondary N) is 2. The molecule has 2 aromatic heterocycles. The molecule has 2 N–H and O–H groups in total. The van der Waals surface area contributed by atoms with Crippen LogP contribution in [0.4, 0.5) is 25.1 Å². The van der Waals surface area contributed by atoms with Crippen molar-refractivity contribution in [2.75, 3.05) is 31.0 Å². The normalized spacial score (nSPS) is 17.0. The summed E-state index contributed by atoms with van der Waals surface area (Å²) in [5, 5.41) is 8.75. The molecule has 1 saturated heterocycles. The molecule has 0 unspecified atom stereocenters. The summed E-state index contributed by atoms with van der Waals surface area (Å²) in [4.78, 5) is 31.9. The molecule has 3 heterocycles. The molecule has 226 valence electrons. The van der Waals surface area contributed by atoms with E-state index in [1.54, 1.807) is 42.6 Å². The lowest BCUT2D eigenvalue weighted by Gasteiger charge is -2.53. The van der Waals surface area contributed by atoms with Gasteiger partial charge in [0.15, 0.2) is 11.6 Å². The number of halogens is 2. The van der Waals surface area contributed by atoms with Crippen molar-refractivity contribution >= 4 is 23.3 Å². The van der Waals surface area contributed by atoms with E-state index in [1.807, 2.05) is 0 Å². The number of carbonyl (C=O) groups excluding carboxylic acids is 2. The first kappa shape index (κ1) is 31.1. The topological polar surface area (TPSA) is 110 Å². The highest BCUT2D eigenvalue weighted by molar-refractivity contribution is 5.99. The Hall–Kier alpha value is -3.86. The van der Waals surface area contributed by atoms with E-state index in [0.717, 1.165) is 18.4 Å². The van der Waals surface area contributed by atoms with Crippen molar-refractivity contribution in [2.45, 2.75) is 76.5 Å². The predicted octanol–water partition coefficient (Wildman–Crippen LogP) is 6.37. The maximum Gasteiger partial charge on any atom is 0.324 e. The molecule has 1 aliphatic heterocycles. The number of aromatic nitrogens is 2. The van der Waals surface area contributed by atoms with Gasteiger partial charge in [0.2, 0.25) is 0 Å². The first-order valence-electron chi connectivity index (χ1n) is 13.9. The molecule has 0 radical (unpaired) electrons. The third-order valence-electron chi connectivity index (χ3n) is 8.11. The monoisotopic (exact) mass is 583 g/mol. The van der Waals surface area contributed by atoms with Gasteiger partial charge in [0.1, 0.15) is 36.7 Å². The van der Waals surface area contributed by atoms with Crippen molar-refractivity contribution in [3.05, 3.63) is 65.7 Å². The molecule has 0 spiro atoms. The fourth-order valence-corrected chi connectivity index (χ4v) is 5.22. The number of piperidine rings is 1. The summed E-state index contributed by atoms with van der Waals surface area (Å²) >= 11 is 0. The molecule has 11 heteroatoms. The standard InChI is InChI=1S/C31H39F2N5O4/c1-29(2)15-23(16-30(3,4)38(29)6)41-22-11-12-24(34-17-22)25(39)13-20-7-9-21(10-8-20)35-28(40)36-27-14-26(42-37-27)31(5,18-32)19-33/h7-12,14,17,23H,13,15-16,18-19H2,1-6H3,(H2,35,36,37,40). The summed E-state index contributed by atoms with van der Waals surface area (Å²) in [6, 6.07) is 10.9. The number of benzene rings is 1. The SMILES string of the molecule is CN1C(C)(C)CC(Oc2ccc(C(=O)Cc3ccc(NC(=O)Nc4cc(C(C)(CF)CF)on4)cc3)nc2)CC1(C)C. The Morgan fingerprint density at radius 3 is 2.26 bits per heavy atom. The average Bonchev–Trinajstić information content (AvgIpc) is 3.41. The van der Waals surface area contributed by atoms with E-state index < -0.39 is 24.8 Å². The van der Waals surface area contributed by atoms with E-state index >= 15 is 0 Å². The van der Waals surface area contributed by atoms with E-state index in [-0.39, 0.29) is 41.0 Å².